The molecule has 1 N–H and O–H groups in total. The molecule has 0 spiro atoms. The van der Waals surface area contributed by atoms with Gasteiger partial charge in [-0.3, -0.25) is 9.59 Å². The minimum atomic E-state index is -0.338. The van der Waals surface area contributed by atoms with Crippen molar-refractivity contribution >= 4 is 39.1 Å². The molecule has 1 saturated heterocycles. The zero-order valence-electron chi connectivity index (χ0n) is 14.6. The molecule has 0 aliphatic carbocycles. The molecule has 5 heteroatoms. The zero-order chi connectivity index (χ0) is 18.1. The lowest BCUT2D eigenvalue weighted by molar-refractivity contribution is -0.122. The maximum Gasteiger partial charge on any atom is 0.229 e. The molecule has 1 aliphatic rings. The second-order valence-electron chi connectivity index (χ2n) is 6.60. The maximum absolute atomic E-state index is 12.6. The number of nitrogens with zero attached hydrogens (tertiary/aromatic N) is 1. The molecule has 1 atom stereocenters. The first-order chi connectivity index (χ1) is 11.9. The summed E-state index contributed by atoms with van der Waals surface area (Å²) in [6.07, 6.45) is 0.245. The van der Waals surface area contributed by atoms with E-state index in [1.165, 1.54) is 0 Å². The number of carbonyl (C=O) groups is 2. The van der Waals surface area contributed by atoms with Crippen molar-refractivity contribution in [1.82, 2.24) is 0 Å². The topological polar surface area (TPSA) is 49.4 Å². The van der Waals surface area contributed by atoms with Gasteiger partial charge in [0.15, 0.2) is 0 Å². The van der Waals surface area contributed by atoms with E-state index in [0.717, 1.165) is 32.5 Å². The highest BCUT2D eigenvalue weighted by atomic mass is 79.9. The summed E-state index contributed by atoms with van der Waals surface area (Å²) >= 11 is 3.45. The molecular formula is C20H21BrN2O2. The van der Waals surface area contributed by atoms with Crippen molar-refractivity contribution in [1.29, 1.82) is 0 Å². The fraction of sp³-hybridized carbons (Fsp3) is 0.300. The first kappa shape index (κ1) is 17.7. The van der Waals surface area contributed by atoms with E-state index in [0.29, 0.717) is 6.54 Å². The van der Waals surface area contributed by atoms with Gasteiger partial charge in [-0.25, -0.2) is 0 Å². The molecule has 2 aromatic rings. The van der Waals surface area contributed by atoms with Crippen molar-refractivity contribution in [2.45, 2.75) is 27.2 Å². The van der Waals surface area contributed by atoms with Gasteiger partial charge in [0, 0.05) is 28.8 Å². The van der Waals surface area contributed by atoms with E-state index in [1.54, 1.807) is 4.90 Å². The lowest BCUT2D eigenvalue weighted by atomic mass is 10.1. The minimum absolute atomic E-state index is 0.00420. The number of para-hydroxylation sites is 1. The minimum Gasteiger partial charge on any atom is -0.326 e. The average molecular weight is 401 g/mol. The van der Waals surface area contributed by atoms with Gasteiger partial charge in [0.25, 0.3) is 0 Å². The molecule has 1 aliphatic heterocycles. The maximum atomic E-state index is 12.6. The molecule has 1 fully saturated rings. The monoisotopic (exact) mass is 400 g/mol. The van der Waals surface area contributed by atoms with Crippen LogP contribution in [0.3, 0.4) is 0 Å². The first-order valence-corrected chi connectivity index (χ1v) is 9.09. The van der Waals surface area contributed by atoms with Crippen LogP contribution in [0.4, 0.5) is 11.4 Å². The van der Waals surface area contributed by atoms with Gasteiger partial charge < -0.3 is 10.2 Å². The second kappa shape index (κ2) is 7.00. The highest BCUT2D eigenvalue weighted by Crippen LogP contribution is 2.31. The van der Waals surface area contributed by atoms with Gasteiger partial charge in [-0.05, 0) is 55.7 Å². The van der Waals surface area contributed by atoms with E-state index < -0.39 is 0 Å². The number of aryl methyl sites for hydroxylation is 3. The number of hydrogen-bond donors (Lipinski definition) is 1. The third-order valence-corrected chi connectivity index (χ3v) is 5.52. The van der Waals surface area contributed by atoms with Gasteiger partial charge in [-0.1, -0.05) is 34.1 Å². The van der Waals surface area contributed by atoms with Gasteiger partial charge in [-0.2, -0.15) is 0 Å². The Balaban J connectivity index is 1.75. The predicted octanol–water partition coefficient (Wildman–Crippen LogP) is 4.37. The van der Waals surface area contributed by atoms with Crippen LogP contribution in [-0.4, -0.2) is 18.4 Å². The van der Waals surface area contributed by atoms with Crippen molar-refractivity contribution in [3.63, 3.8) is 0 Å². The fourth-order valence-electron chi connectivity index (χ4n) is 3.30. The van der Waals surface area contributed by atoms with Crippen LogP contribution in [0.25, 0.3) is 0 Å². The Morgan fingerprint density at radius 2 is 1.80 bits per heavy atom. The first-order valence-electron chi connectivity index (χ1n) is 8.30. The van der Waals surface area contributed by atoms with Gasteiger partial charge in [0.05, 0.1) is 5.92 Å². The molecule has 0 unspecified atom stereocenters. The highest BCUT2D eigenvalue weighted by molar-refractivity contribution is 9.10. The molecule has 0 aromatic heterocycles. The van der Waals surface area contributed by atoms with E-state index in [-0.39, 0.29) is 24.2 Å². The van der Waals surface area contributed by atoms with Crippen LogP contribution in [0.1, 0.15) is 23.1 Å². The molecule has 25 heavy (non-hydrogen) atoms. The predicted molar refractivity (Wildman–Crippen MR) is 104 cm³/mol. The number of halogens is 1. The van der Waals surface area contributed by atoms with Crippen LogP contribution in [0.5, 0.6) is 0 Å². The molecule has 130 valence electrons. The molecular weight excluding hydrogens is 380 g/mol. The summed E-state index contributed by atoms with van der Waals surface area (Å²) in [7, 11) is 0. The summed E-state index contributed by atoms with van der Waals surface area (Å²) in [6.45, 7) is 6.38. The lowest BCUT2D eigenvalue weighted by Gasteiger charge is -2.21. The van der Waals surface area contributed by atoms with Gasteiger partial charge in [0.1, 0.15) is 0 Å². The quantitative estimate of drug-likeness (QED) is 0.831. The fourth-order valence-corrected chi connectivity index (χ4v) is 3.54. The number of amides is 2. The van der Waals surface area contributed by atoms with Crippen LogP contribution in [0.15, 0.2) is 40.9 Å². The van der Waals surface area contributed by atoms with Gasteiger partial charge in [-0.15, -0.1) is 0 Å². The lowest BCUT2D eigenvalue weighted by Crippen LogP contribution is -2.29. The summed E-state index contributed by atoms with van der Waals surface area (Å²) in [5, 5.41) is 2.94. The Morgan fingerprint density at radius 1 is 1.12 bits per heavy atom. The van der Waals surface area contributed by atoms with E-state index >= 15 is 0 Å². The molecule has 1 heterocycles. The van der Waals surface area contributed by atoms with Crippen molar-refractivity contribution in [2.24, 2.45) is 5.92 Å². The van der Waals surface area contributed by atoms with E-state index in [1.807, 2.05) is 57.2 Å². The zero-order valence-corrected chi connectivity index (χ0v) is 16.2. The third kappa shape index (κ3) is 3.61. The van der Waals surface area contributed by atoms with Crippen LogP contribution in [-0.2, 0) is 9.59 Å². The highest BCUT2D eigenvalue weighted by Gasteiger charge is 2.36. The van der Waals surface area contributed by atoms with Gasteiger partial charge in [0.2, 0.25) is 11.8 Å². The summed E-state index contributed by atoms with van der Waals surface area (Å²) in [6, 6.07) is 11.7. The molecule has 0 bridgehead atoms. The Morgan fingerprint density at radius 3 is 2.44 bits per heavy atom. The Kier molecular flexibility index (Phi) is 4.95. The van der Waals surface area contributed by atoms with Crippen molar-refractivity contribution in [3.05, 3.63) is 57.6 Å². The van der Waals surface area contributed by atoms with Crippen LogP contribution in [0.2, 0.25) is 0 Å². The standard InChI is InChI=1S/C20H21BrN2O2/c1-12-5-4-6-13(2)19(12)23-11-15(10-18(23)24)20(25)22-16-7-8-17(21)14(3)9-16/h4-9,15H,10-11H2,1-3H3,(H,22,25)/t15-/m1/s1. The van der Waals surface area contributed by atoms with E-state index in [9.17, 15) is 9.59 Å². The van der Waals surface area contributed by atoms with Crippen molar-refractivity contribution in [2.75, 3.05) is 16.8 Å². The Hall–Kier alpha value is -2.14. The van der Waals surface area contributed by atoms with E-state index in [4.69, 9.17) is 0 Å². The molecule has 0 radical (unpaired) electrons. The van der Waals surface area contributed by atoms with Gasteiger partial charge >= 0.3 is 0 Å². The number of carbonyl (C=O) groups excluding carboxylic acids is 2. The van der Waals surface area contributed by atoms with E-state index in [2.05, 4.69) is 21.2 Å². The average Bonchev–Trinajstić information content (AvgIpc) is 2.93. The number of nitrogens with one attached hydrogen (secondary N) is 1. The van der Waals surface area contributed by atoms with Crippen LogP contribution in [0, 0.1) is 26.7 Å². The third-order valence-electron chi connectivity index (χ3n) is 4.63. The second-order valence-corrected chi connectivity index (χ2v) is 7.45. The molecule has 4 nitrogen and oxygen atoms in total. The largest absolute Gasteiger partial charge is 0.326 e. The van der Waals surface area contributed by atoms with Crippen LogP contribution < -0.4 is 10.2 Å². The number of hydrogen-bond acceptors (Lipinski definition) is 2. The Bertz CT molecular complexity index is 827. The van der Waals surface area contributed by atoms with Crippen molar-refractivity contribution < 1.29 is 9.59 Å². The normalized spacial score (nSPS) is 17.0. The SMILES string of the molecule is Cc1cc(NC(=O)[C@@H]2CC(=O)N(c3c(C)cccc3C)C2)ccc1Br. The number of anilines is 2. The van der Waals surface area contributed by atoms with Crippen molar-refractivity contribution in [3.8, 4) is 0 Å². The number of rotatable bonds is 3. The number of benzene rings is 2. The summed E-state index contributed by atoms with van der Waals surface area (Å²) < 4.78 is 1.00. The summed E-state index contributed by atoms with van der Waals surface area (Å²) in [4.78, 5) is 26.8. The summed E-state index contributed by atoms with van der Waals surface area (Å²) in [5.41, 5.74) is 4.85. The molecule has 2 amide bonds. The Labute approximate surface area is 156 Å². The van der Waals surface area contributed by atoms with Crippen LogP contribution >= 0.6 is 15.9 Å². The molecule has 3 rings (SSSR count). The smallest absolute Gasteiger partial charge is 0.229 e. The molecule has 2 aromatic carbocycles. The molecule has 0 saturated carbocycles. The summed E-state index contributed by atoms with van der Waals surface area (Å²) in [5.74, 6) is -0.441.